The van der Waals surface area contributed by atoms with Crippen molar-refractivity contribution in [2.45, 2.75) is 17.7 Å². The maximum atomic E-state index is 11.7. The fraction of sp³-hybridized carbons (Fsp3) is 0.818. The summed E-state index contributed by atoms with van der Waals surface area (Å²) in [7, 11) is 0. The second-order valence-corrected chi connectivity index (χ2v) is 7.64. The topological polar surface area (TPSA) is 78.4 Å². The van der Waals surface area contributed by atoms with Crippen LogP contribution in [0.4, 0.5) is 4.79 Å². The van der Waals surface area contributed by atoms with E-state index in [2.05, 4.69) is 10.6 Å². The molecular weight excluding hydrogens is 304 g/mol. The lowest BCUT2D eigenvalue weighted by atomic mass is 10.2. The van der Waals surface area contributed by atoms with Crippen molar-refractivity contribution in [3.05, 3.63) is 0 Å². The number of carboxylic acids is 1. The zero-order valence-corrected chi connectivity index (χ0v) is 13.3. The summed E-state index contributed by atoms with van der Waals surface area (Å²) in [5.74, 6) is 3.06. The molecule has 19 heavy (non-hydrogen) atoms. The van der Waals surface area contributed by atoms with Crippen molar-refractivity contribution in [3.63, 3.8) is 0 Å². The third-order valence-electron chi connectivity index (χ3n) is 2.59. The van der Waals surface area contributed by atoms with Gasteiger partial charge in [-0.2, -0.15) is 35.3 Å². The minimum absolute atomic E-state index is 0.385. The van der Waals surface area contributed by atoms with Crippen LogP contribution in [-0.4, -0.2) is 64.2 Å². The number of nitrogens with one attached hydrogen (secondary N) is 2. The second kappa shape index (κ2) is 9.66. The SMILES string of the molecule is CSCCC(NC(=O)NCC1CSCCS1)C(=O)O. The summed E-state index contributed by atoms with van der Waals surface area (Å²) in [6, 6.07) is -1.19. The van der Waals surface area contributed by atoms with Crippen LogP contribution in [0, 0.1) is 0 Å². The Balaban J connectivity index is 2.25. The molecule has 1 saturated heterocycles. The number of urea groups is 1. The van der Waals surface area contributed by atoms with E-state index in [1.807, 2.05) is 29.8 Å². The van der Waals surface area contributed by atoms with E-state index in [9.17, 15) is 9.59 Å². The van der Waals surface area contributed by atoms with Crippen molar-refractivity contribution in [1.82, 2.24) is 10.6 Å². The lowest BCUT2D eigenvalue weighted by Crippen LogP contribution is -2.48. The second-order valence-electron chi connectivity index (χ2n) is 4.09. The Hall–Kier alpha value is -0.210. The Morgan fingerprint density at radius 2 is 2.26 bits per heavy atom. The highest BCUT2D eigenvalue weighted by molar-refractivity contribution is 8.06. The molecule has 0 saturated carbocycles. The molecule has 1 aliphatic heterocycles. The summed E-state index contributed by atoms with van der Waals surface area (Å²) < 4.78 is 0. The highest BCUT2D eigenvalue weighted by Gasteiger charge is 2.20. The third-order valence-corrected chi connectivity index (χ3v) is 6.08. The molecule has 110 valence electrons. The van der Waals surface area contributed by atoms with Gasteiger partial charge in [-0.1, -0.05) is 0 Å². The molecule has 2 amide bonds. The zero-order valence-electron chi connectivity index (χ0n) is 10.9. The molecule has 0 radical (unpaired) electrons. The van der Waals surface area contributed by atoms with Gasteiger partial charge in [0.1, 0.15) is 6.04 Å². The average molecular weight is 324 g/mol. The largest absolute Gasteiger partial charge is 0.480 e. The third kappa shape index (κ3) is 7.22. The summed E-state index contributed by atoms with van der Waals surface area (Å²) in [5, 5.41) is 14.7. The van der Waals surface area contributed by atoms with E-state index in [1.165, 1.54) is 5.75 Å². The first-order chi connectivity index (χ1) is 9.13. The molecule has 1 rings (SSSR count). The molecule has 3 N–H and O–H groups in total. The highest BCUT2D eigenvalue weighted by Crippen LogP contribution is 2.23. The predicted octanol–water partition coefficient (Wildman–Crippen LogP) is 1.34. The maximum absolute atomic E-state index is 11.7. The summed E-state index contributed by atoms with van der Waals surface area (Å²) in [6.07, 6.45) is 2.36. The lowest BCUT2D eigenvalue weighted by Gasteiger charge is -2.22. The summed E-state index contributed by atoms with van der Waals surface area (Å²) in [5.41, 5.74) is 0. The van der Waals surface area contributed by atoms with Gasteiger partial charge in [-0.3, -0.25) is 0 Å². The van der Waals surface area contributed by atoms with Crippen LogP contribution in [-0.2, 0) is 4.79 Å². The number of amides is 2. The van der Waals surface area contributed by atoms with Gasteiger partial charge in [-0.15, -0.1) is 0 Å². The van der Waals surface area contributed by atoms with Gasteiger partial charge >= 0.3 is 12.0 Å². The molecule has 0 spiro atoms. The maximum Gasteiger partial charge on any atom is 0.326 e. The summed E-state index contributed by atoms with van der Waals surface area (Å²) in [6.45, 7) is 0.596. The fourth-order valence-corrected chi connectivity index (χ4v) is 4.65. The van der Waals surface area contributed by atoms with Gasteiger partial charge in [-0.25, -0.2) is 9.59 Å². The lowest BCUT2D eigenvalue weighted by molar-refractivity contribution is -0.139. The Bertz CT molecular complexity index is 299. The summed E-state index contributed by atoms with van der Waals surface area (Å²) >= 11 is 5.33. The van der Waals surface area contributed by atoms with Gasteiger partial charge < -0.3 is 15.7 Å². The fourth-order valence-electron chi connectivity index (χ4n) is 1.56. The smallest absolute Gasteiger partial charge is 0.326 e. The standard InChI is InChI=1S/C11H20N2O3S3/c1-17-3-2-9(10(14)15)13-11(16)12-6-8-7-18-4-5-19-8/h8-9H,2-7H2,1H3,(H,14,15)(H2,12,13,16). The van der Waals surface area contributed by atoms with Gasteiger partial charge in [0.05, 0.1) is 0 Å². The number of aliphatic carboxylic acids is 1. The van der Waals surface area contributed by atoms with Crippen molar-refractivity contribution >= 4 is 47.3 Å². The Kier molecular flexibility index (Phi) is 8.56. The number of hydrogen-bond acceptors (Lipinski definition) is 5. The summed E-state index contributed by atoms with van der Waals surface area (Å²) in [4.78, 5) is 22.6. The average Bonchev–Trinajstić information content (AvgIpc) is 2.42. The van der Waals surface area contributed by atoms with E-state index in [1.54, 1.807) is 11.8 Å². The molecule has 0 aromatic heterocycles. The zero-order chi connectivity index (χ0) is 14.1. The van der Waals surface area contributed by atoms with Gasteiger partial charge in [0.15, 0.2) is 0 Å². The number of rotatable bonds is 7. The minimum atomic E-state index is -0.980. The molecule has 2 unspecified atom stereocenters. The van der Waals surface area contributed by atoms with Crippen LogP contribution in [0.3, 0.4) is 0 Å². The van der Waals surface area contributed by atoms with Gasteiger partial charge in [-0.05, 0) is 18.4 Å². The Labute approximate surface area is 126 Å². The number of hydrogen-bond donors (Lipinski definition) is 3. The monoisotopic (exact) mass is 324 g/mol. The van der Waals surface area contributed by atoms with Crippen molar-refractivity contribution in [3.8, 4) is 0 Å². The first-order valence-corrected chi connectivity index (χ1v) is 9.68. The normalized spacial score (nSPS) is 20.6. The van der Waals surface area contributed by atoms with Crippen LogP contribution in [0.5, 0.6) is 0 Å². The van der Waals surface area contributed by atoms with Crippen LogP contribution in [0.2, 0.25) is 0 Å². The number of thioether (sulfide) groups is 3. The van der Waals surface area contributed by atoms with Crippen molar-refractivity contribution in [1.29, 1.82) is 0 Å². The molecule has 0 aromatic rings. The van der Waals surface area contributed by atoms with Crippen LogP contribution < -0.4 is 10.6 Å². The van der Waals surface area contributed by atoms with Crippen LogP contribution in [0.15, 0.2) is 0 Å². The molecule has 0 aromatic carbocycles. The highest BCUT2D eigenvalue weighted by atomic mass is 32.2. The molecule has 0 bridgehead atoms. The van der Waals surface area contributed by atoms with Crippen molar-refractivity contribution < 1.29 is 14.7 Å². The number of carbonyl (C=O) groups excluding carboxylic acids is 1. The Morgan fingerprint density at radius 1 is 1.47 bits per heavy atom. The molecular formula is C11H20N2O3S3. The Morgan fingerprint density at radius 3 is 2.84 bits per heavy atom. The molecule has 5 nitrogen and oxygen atoms in total. The van der Waals surface area contributed by atoms with E-state index < -0.39 is 12.0 Å². The first kappa shape index (κ1) is 16.8. The molecule has 0 aliphatic carbocycles. The molecule has 8 heteroatoms. The van der Waals surface area contributed by atoms with Crippen LogP contribution >= 0.6 is 35.3 Å². The van der Waals surface area contributed by atoms with E-state index in [0.29, 0.717) is 24.0 Å². The molecule has 1 heterocycles. The van der Waals surface area contributed by atoms with E-state index in [4.69, 9.17) is 5.11 Å². The van der Waals surface area contributed by atoms with Crippen LogP contribution in [0.1, 0.15) is 6.42 Å². The van der Waals surface area contributed by atoms with E-state index in [0.717, 1.165) is 11.5 Å². The van der Waals surface area contributed by atoms with Gasteiger partial charge in [0, 0.05) is 29.1 Å². The molecule has 1 fully saturated rings. The minimum Gasteiger partial charge on any atom is -0.480 e. The number of carboxylic acid groups (broad SMARTS) is 1. The van der Waals surface area contributed by atoms with Crippen molar-refractivity contribution in [2.24, 2.45) is 0 Å². The van der Waals surface area contributed by atoms with E-state index >= 15 is 0 Å². The van der Waals surface area contributed by atoms with Gasteiger partial charge in [0.25, 0.3) is 0 Å². The van der Waals surface area contributed by atoms with Crippen molar-refractivity contribution in [2.75, 3.05) is 35.8 Å². The van der Waals surface area contributed by atoms with Gasteiger partial charge in [0.2, 0.25) is 0 Å². The molecule has 2 atom stereocenters. The number of carbonyl (C=O) groups is 2. The van der Waals surface area contributed by atoms with E-state index in [-0.39, 0.29) is 6.03 Å². The quantitative estimate of drug-likeness (QED) is 0.656. The first-order valence-electron chi connectivity index (χ1n) is 6.09. The van der Waals surface area contributed by atoms with Crippen LogP contribution in [0.25, 0.3) is 0 Å². The molecule has 1 aliphatic rings. The predicted molar refractivity (Wildman–Crippen MR) is 84.5 cm³/mol.